The molecule has 134 valence electrons. The molecule has 0 aromatic heterocycles. The van der Waals surface area contributed by atoms with E-state index in [2.05, 4.69) is 19.9 Å². The number of aryl methyl sites for hydroxylation is 1. The molecule has 8 heteroatoms. The maximum Gasteiger partial charge on any atom is 0.234 e. The summed E-state index contributed by atoms with van der Waals surface area (Å²) in [6.45, 7) is 6.39. The van der Waals surface area contributed by atoms with Crippen molar-refractivity contribution in [2.45, 2.75) is 26.7 Å². The molecule has 1 aliphatic heterocycles. The Morgan fingerprint density at radius 3 is 2.67 bits per heavy atom. The summed E-state index contributed by atoms with van der Waals surface area (Å²) < 4.78 is 40.1. The summed E-state index contributed by atoms with van der Waals surface area (Å²) in [6.07, 6.45) is 2.26. The van der Waals surface area contributed by atoms with Crippen molar-refractivity contribution in [3.05, 3.63) is 29.6 Å². The van der Waals surface area contributed by atoms with Crippen LogP contribution in [0.4, 0.5) is 10.1 Å². The molecule has 2 rings (SSSR count). The Morgan fingerprint density at radius 1 is 1.33 bits per heavy atom. The highest BCUT2D eigenvalue weighted by molar-refractivity contribution is 7.92. The minimum Gasteiger partial charge on any atom is -0.357 e. The number of benzene rings is 1. The molecule has 1 saturated heterocycles. The van der Waals surface area contributed by atoms with Crippen LogP contribution < -0.4 is 10.0 Å². The second-order valence-electron chi connectivity index (χ2n) is 5.81. The van der Waals surface area contributed by atoms with Crippen LogP contribution in [0.2, 0.25) is 0 Å². The second kappa shape index (κ2) is 8.32. The molecule has 1 heterocycles. The molecular weight excluding hydrogens is 331 g/mol. The number of hydrogen-bond acceptors (Lipinski definition) is 3. The Kier molecular flexibility index (Phi) is 6.42. The van der Waals surface area contributed by atoms with Gasteiger partial charge >= 0.3 is 0 Å². The van der Waals surface area contributed by atoms with Crippen molar-refractivity contribution in [2.24, 2.45) is 4.99 Å². The number of sulfonamides is 1. The molecule has 0 amide bonds. The smallest absolute Gasteiger partial charge is 0.234 e. The summed E-state index contributed by atoms with van der Waals surface area (Å²) in [5, 5.41) is 3.19. The first-order valence-electron chi connectivity index (χ1n) is 8.21. The molecule has 24 heavy (non-hydrogen) atoms. The Hall–Kier alpha value is -1.83. The molecule has 0 spiro atoms. The van der Waals surface area contributed by atoms with Crippen molar-refractivity contribution in [3.63, 3.8) is 0 Å². The molecule has 1 fully saturated rings. The average Bonchev–Trinajstić information content (AvgIpc) is 3.04. The Labute approximate surface area is 143 Å². The first kappa shape index (κ1) is 18.5. The lowest BCUT2D eigenvalue weighted by Crippen LogP contribution is -2.40. The fraction of sp³-hybridized carbons (Fsp3) is 0.562. The standard InChI is InChI=1S/C16H25FN4O2S/c1-3-18-16(21-9-4-5-10-21)19-8-11-24(22,23)20-14-7-6-13(2)15(17)12-14/h6-7,12,20H,3-5,8-11H2,1-2H3,(H,18,19). The number of halogens is 1. The van der Waals surface area contributed by atoms with Gasteiger partial charge in [-0.25, -0.2) is 12.8 Å². The molecule has 0 radical (unpaired) electrons. The van der Waals surface area contributed by atoms with E-state index in [0.717, 1.165) is 38.4 Å². The van der Waals surface area contributed by atoms with Crippen LogP contribution >= 0.6 is 0 Å². The number of anilines is 1. The van der Waals surface area contributed by atoms with Crippen LogP contribution in [-0.4, -0.2) is 51.2 Å². The first-order valence-corrected chi connectivity index (χ1v) is 9.86. The van der Waals surface area contributed by atoms with Crippen LogP contribution in [-0.2, 0) is 10.0 Å². The molecule has 0 unspecified atom stereocenters. The van der Waals surface area contributed by atoms with Gasteiger partial charge in [0.05, 0.1) is 18.0 Å². The molecule has 0 saturated carbocycles. The highest BCUT2D eigenvalue weighted by atomic mass is 32.2. The fourth-order valence-corrected chi connectivity index (χ4v) is 3.43. The van der Waals surface area contributed by atoms with Gasteiger partial charge in [0.2, 0.25) is 10.0 Å². The number of likely N-dealkylation sites (tertiary alicyclic amines) is 1. The van der Waals surface area contributed by atoms with Crippen molar-refractivity contribution in [3.8, 4) is 0 Å². The highest BCUT2D eigenvalue weighted by Crippen LogP contribution is 2.15. The zero-order valence-electron chi connectivity index (χ0n) is 14.2. The van der Waals surface area contributed by atoms with Crippen molar-refractivity contribution in [1.29, 1.82) is 0 Å². The maximum atomic E-state index is 13.5. The molecule has 1 aromatic carbocycles. The minimum atomic E-state index is -3.57. The first-order chi connectivity index (χ1) is 11.4. The van der Waals surface area contributed by atoms with E-state index in [-0.39, 0.29) is 18.0 Å². The Bertz CT molecular complexity index is 685. The summed E-state index contributed by atoms with van der Waals surface area (Å²) >= 11 is 0. The molecule has 1 aromatic rings. The quantitative estimate of drug-likeness (QED) is 0.603. The van der Waals surface area contributed by atoms with Crippen LogP contribution in [0, 0.1) is 12.7 Å². The third kappa shape index (κ3) is 5.36. The summed E-state index contributed by atoms with van der Waals surface area (Å²) in [5.74, 6) is 0.175. The van der Waals surface area contributed by atoms with E-state index in [1.165, 1.54) is 6.07 Å². The van der Waals surface area contributed by atoms with Gasteiger partial charge in [0.1, 0.15) is 5.82 Å². The number of nitrogens with one attached hydrogen (secondary N) is 2. The van der Waals surface area contributed by atoms with Gasteiger partial charge in [-0.1, -0.05) is 6.07 Å². The normalized spacial score (nSPS) is 15.6. The van der Waals surface area contributed by atoms with E-state index in [1.54, 1.807) is 19.1 Å². The van der Waals surface area contributed by atoms with Crippen LogP contribution in [0.25, 0.3) is 0 Å². The van der Waals surface area contributed by atoms with Gasteiger partial charge in [-0.3, -0.25) is 9.71 Å². The van der Waals surface area contributed by atoms with Gasteiger partial charge in [-0.2, -0.15) is 0 Å². The number of rotatable bonds is 6. The number of aliphatic imine (C=N–C) groups is 1. The van der Waals surface area contributed by atoms with Crippen molar-refractivity contribution in [2.75, 3.05) is 36.7 Å². The summed E-state index contributed by atoms with van der Waals surface area (Å²) in [5.41, 5.74) is 0.706. The highest BCUT2D eigenvalue weighted by Gasteiger charge is 2.16. The predicted octanol–water partition coefficient (Wildman–Crippen LogP) is 1.94. The van der Waals surface area contributed by atoms with Crippen LogP contribution in [0.15, 0.2) is 23.2 Å². The van der Waals surface area contributed by atoms with E-state index >= 15 is 0 Å². The summed E-state index contributed by atoms with van der Waals surface area (Å²) in [4.78, 5) is 6.53. The van der Waals surface area contributed by atoms with Gasteiger partial charge in [0.15, 0.2) is 5.96 Å². The number of hydrogen-bond donors (Lipinski definition) is 2. The van der Waals surface area contributed by atoms with Crippen LogP contribution in [0.5, 0.6) is 0 Å². The zero-order chi connectivity index (χ0) is 17.6. The lowest BCUT2D eigenvalue weighted by Gasteiger charge is -2.20. The van der Waals surface area contributed by atoms with Crippen molar-refractivity contribution < 1.29 is 12.8 Å². The van der Waals surface area contributed by atoms with Crippen LogP contribution in [0.1, 0.15) is 25.3 Å². The Morgan fingerprint density at radius 2 is 2.04 bits per heavy atom. The van der Waals surface area contributed by atoms with Crippen molar-refractivity contribution in [1.82, 2.24) is 10.2 Å². The third-order valence-corrected chi connectivity index (χ3v) is 5.07. The van der Waals surface area contributed by atoms with E-state index in [4.69, 9.17) is 0 Å². The lowest BCUT2D eigenvalue weighted by atomic mass is 10.2. The van der Waals surface area contributed by atoms with Crippen LogP contribution in [0.3, 0.4) is 0 Å². The summed E-state index contributed by atoms with van der Waals surface area (Å²) in [6, 6.07) is 4.28. The molecule has 1 aliphatic rings. The second-order valence-corrected chi connectivity index (χ2v) is 7.66. The predicted molar refractivity (Wildman–Crippen MR) is 95.3 cm³/mol. The topological polar surface area (TPSA) is 73.8 Å². The monoisotopic (exact) mass is 356 g/mol. The number of guanidine groups is 1. The van der Waals surface area contributed by atoms with Gasteiger partial charge in [0, 0.05) is 19.6 Å². The molecule has 6 nitrogen and oxygen atoms in total. The van der Waals surface area contributed by atoms with E-state index in [0.29, 0.717) is 5.56 Å². The minimum absolute atomic E-state index is 0.148. The summed E-state index contributed by atoms with van der Waals surface area (Å²) in [7, 11) is -3.57. The molecule has 2 N–H and O–H groups in total. The van der Waals surface area contributed by atoms with E-state index in [9.17, 15) is 12.8 Å². The average molecular weight is 356 g/mol. The van der Waals surface area contributed by atoms with Gasteiger partial charge < -0.3 is 10.2 Å². The van der Waals surface area contributed by atoms with Gasteiger partial charge in [-0.15, -0.1) is 0 Å². The molecular formula is C16H25FN4O2S. The lowest BCUT2D eigenvalue weighted by molar-refractivity contribution is 0.494. The molecule has 0 aliphatic carbocycles. The molecule has 0 bridgehead atoms. The largest absolute Gasteiger partial charge is 0.357 e. The molecule has 0 atom stereocenters. The van der Waals surface area contributed by atoms with Gasteiger partial charge in [-0.05, 0) is 44.4 Å². The maximum absolute atomic E-state index is 13.5. The van der Waals surface area contributed by atoms with E-state index in [1.807, 2.05) is 6.92 Å². The van der Waals surface area contributed by atoms with Gasteiger partial charge in [0.25, 0.3) is 0 Å². The van der Waals surface area contributed by atoms with Crippen molar-refractivity contribution >= 4 is 21.7 Å². The Balaban J connectivity index is 1.95. The number of nitrogens with zero attached hydrogens (tertiary/aromatic N) is 2. The SMILES string of the molecule is CCNC(=NCCS(=O)(=O)Nc1ccc(C)c(F)c1)N1CCCC1. The zero-order valence-corrected chi connectivity index (χ0v) is 15.0. The fourth-order valence-electron chi connectivity index (χ4n) is 2.51. The van der Waals surface area contributed by atoms with E-state index < -0.39 is 15.8 Å². The third-order valence-electron chi connectivity index (χ3n) is 3.81.